The van der Waals surface area contributed by atoms with Gasteiger partial charge in [0.2, 0.25) is 0 Å². The summed E-state index contributed by atoms with van der Waals surface area (Å²) in [7, 11) is 3.47. The highest BCUT2D eigenvalue weighted by molar-refractivity contribution is 5.92. The number of rotatable bonds is 5. The molecule has 4 heterocycles. The summed E-state index contributed by atoms with van der Waals surface area (Å²) in [5.41, 5.74) is 3.08. The van der Waals surface area contributed by atoms with Crippen LogP contribution in [0.3, 0.4) is 0 Å². The number of aromatic nitrogens is 4. The molecule has 1 N–H and O–H groups in total. The molecule has 1 amide bonds. The van der Waals surface area contributed by atoms with Crippen molar-refractivity contribution in [3.63, 3.8) is 0 Å². The van der Waals surface area contributed by atoms with Gasteiger partial charge >= 0.3 is 0 Å². The van der Waals surface area contributed by atoms with Gasteiger partial charge in [-0.05, 0) is 18.6 Å². The molecule has 0 radical (unpaired) electrons. The number of hydrogen-bond donors (Lipinski definition) is 1. The molecular weight excluding hydrogens is 420 g/mol. The Kier molecular flexibility index (Phi) is 5.72. The maximum atomic E-state index is 13.0. The van der Waals surface area contributed by atoms with Crippen molar-refractivity contribution in [2.75, 3.05) is 26.7 Å². The maximum absolute atomic E-state index is 13.0. The molecule has 0 saturated carbocycles. The Balaban J connectivity index is 1.29. The van der Waals surface area contributed by atoms with Crippen molar-refractivity contribution in [3.8, 4) is 5.75 Å². The molecule has 9 heteroatoms. The number of aromatic amines is 1. The Labute approximate surface area is 192 Å². The first-order chi connectivity index (χ1) is 16.0. The fourth-order valence-electron chi connectivity index (χ4n) is 4.76. The lowest BCUT2D eigenvalue weighted by Crippen LogP contribution is -2.36. The lowest BCUT2D eigenvalue weighted by molar-refractivity contribution is 0.0784. The molecule has 5 rings (SSSR count). The van der Waals surface area contributed by atoms with Crippen LogP contribution in [0.2, 0.25) is 0 Å². The van der Waals surface area contributed by atoms with E-state index in [2.05, 4.69) is 21.0 Å². The van der Waals surface area contributed by atoms with Gasteiger partial charge in [-0.2, -0.15) is 5.10 Å². The van der Waals surface area contributed by atoms with E-state index in [-0.39, 0.29) is 17.4 Å². The monoisotopic (exact) mass is 448 g/mol. The van der Waals surface area contributed by atoms with Gasteiger partial charge in [0, 0.05) is 63.9 Å². The largest absolute Gasteiger partial charge is 0.496 e. The highest BCUT2D eigenvalue weighted by atomic mass is 16.5. The van der Waals surface area contributed by atoms with Crippen LogP contribution in [0.5, 0.6) is 5.75 Å². The number of H-pyrrole nitrogens is 1. The number of carbonyl (C=O) groups excluding carboxylic acids is 1. The molecule has 0 unspecified atom stereocenters. The summed E-state index contributed by atoms with van der Waals surface area (Å²) in [5.74, 6) is 1.50. The Bertz CT molecular complexity index is 1230. The van der Waals surface area contributed by atoms with Gasteiger partial charge in [-0.1, -0.05) is 18.2 Å². The predicted molar refractivity (Wildman–Crippen MR) is 122 cm³/mol. The van der Waals surface area contributed by atoms with Crippen molar-refractivity contribution in [1.82, 2.24) is 29.5 Å². The number of nitrogens with zero attached hydrogens (tertiary/aromatic N) is 5. The van der Waals surface area contributed by atoms with E-state index < -0.39 is 0 Å². The fourth-order valence-corrected chi connectivity index (χ4v) is 4.76. The van der Waals surface area contributed by atoms with Crippen LogP contribution < -0.4 is 10.3 Å². The highest BCUT2D eigenvalue weighted by Gasteiger charge is 2.32. The van der Waals surface area contributed by atoms with Crippen LogP contribution in [0.1, 0.15) is 45.5 Å². The van der Waals surface area contributed by atoms with E-state index in [0.29, 0.717) is 31.2 Å². The topological polar surface area (TPSA) is 96.3 Å². The number of nitrogens with one attached hydrogen (secondary N) is 1. The van der Waals surface area contributed by atoms with Crippen molar-refractivity contribution in [2.45, 2.75) is 31.8 Å². The lowest BCUT2D eigenvalue weighted by atomic mass is 10.0. The van der Waals surface area contributed by atoms with E-state index >= 15 is 0 Å². The van der Waals surface area contributed by atoms with Gasteiger partial charge in [0.05, 0.1) is 18.4 Å². The van der Waals surface area contributed by atoms with Gasteiger partial charge < -0.3 is 14.6 Å². The zero-order chi connectivity index (χ0) is 22.9. The summed E-state index contributed by atoms with van der Waals surface area (Å²) in [4.78, 5) is 37.6. The molecule has 2 aliphatic heterocycles. The van der Waals surface area contributed by atoms with Gasteiger partial charge in [-0.25, -0.2) is 4.98 Å². The third-order valence-corrected chi connectivity index (χ3v) is 6.55. The summed E-state index contributed by atoms with van der Waals surface area (Å²) >= 11 is 0. The van der Waals surface area contributed by atoms with E-state index in [9.17, 15) is 9.59 Å². The highest BCUT2D eigenvalue weighted by Crippen LogP contribution is 2.27. The molecule has 9 nitrogen and oxygen atoms in total. The van der Waals surface area contributed by atoms with Gasteiger partial charge in [-0.15, -0.1) is 0 Å². The number of hydrogen-bond acceptors (Lipinski definition) is 6. The van der Waals surface area contributed by atoms with Crippen molar-refractivity contribution in [1.29, 1.82) is 0 Å². The summed E-state index contributed by atoms with van der Waals surface area (Å²) in [6, 6.07) is 9.69. The molecule has 0 spiro atoms. The molecule has 0 aliphatic carbocycles. The first-order valence-corrected chi connectivity index (χ1v) is 11.3. The summed E-state index contributed by atoms with van der Waals surface area (Å²) in [5, 5.41) is 4.21. The van der Waals surface area contributed by atoms with Crippen LogP contribution in [-0.4, -0.2) is 62.2 Å². The normalized spacial score (nSPS) is 18.4. The van der Waals surface area contributed by atoms with Crippen molar-refractivity contribution >= 4 is 5.91 Å². The van der Waals surface area contributed by atoms with Crippen molar-refractivity contribution in [3.05, 3.63) is 75.2 Å². The smallest absolute Gasteiger partial charge is 0.274 e. The number of likely N-dealkylation sites (tertiary alicyclic amines) is 1. The molecule has 1 fully saturated rings. The predicted octanol–water partition coefficient (Wildman–Crippen LogP) is 1.70. The maximum Gasteiger partial charge on any atom is 0.274 e. The molecule has 1 atom stereocenters. The molecule has 0 bridgehead atoms. The first-order valence-electron chi connectivity index (χ1n) is 11.3. The average Bonchev–Trinajstić information content (AvgIpc) is 3.49. The van der Waals surface area contributed by atoms with E-state index in [1.165, 1.54) is 0 Å². The Morgan fingerprint density at radius 3 is 2.88 bits per heavy atom. The molecule has 172 valence electrons. The molecule has 2 aromatic heterocycles. The summed E-state index contributed by atoms with van der Waals surface area (Å²) in [6.45, 7) is 3.28. The number of para-hydroxylation sites is 1. The van der Waals surface area contributed by atoms with Gasteiger partial charge in [0.1, 0.15) is 17.3 Å². The zero-order valence-corrected chi connectivity index (χ0v) is 19.0. The molecular formula is C24H28N6O3. The van der Waals surface area contributed by atoms with Gasteiger partial charge in [0.15, 0.2) is 0 Å². The molecule has 1 saturated heterocycles. The van der Waals surface area contributed by atoms with Crippen LogP contribution in [0, 0.1) is 0 Å². The quantitative estimate of drug-likeness (QED) is 0.638. The zero-order valence-electron chi connectivity index (χ0n) is 19.0. The standard InChI is InChI=1S/C24H28N6O3/c1-28-10-8-20(27-28)24(32)30-12-7-17(14-30)22-25-19-9-11-29(15-18(19)23(31)26-22)13-16-5-3-4-6-21(16)33-2/h3-6,8,10,17H,7,9,11-15H2,1-2H3,(H,25,26,31)/t17-/m0/s1. The average molecular weight is 449 g/mol. The van der Waals surface area contributed by atoms with Gasteiger partial charge in [-0.3, -0.25) is 19.2 Å². The lowest BCUT2D eigenvalue weighted by Gasteiger charge is -2.28. The Morgan fingerprint density at radius 1 is 1.24 bits per heavy atom. The second kappa shape index (κ2) is 8.82. The van der Waals surface area contributed by atoms with Crippen LogP contribution >= 0.6 is 0 Å². The van der Waals surface area contributed by atoms with E-state index in [1.807, 2.05) is 18.2 Å². The summed E-state index contributed by atoms with van der Waals surface area (Å²) in [6.07, 6.45) is 3.27. The molecule has 33 heavy (non-hydrogen) atoms. The summed E-state index contributed by atoms with van der Waals surface area (Å²) < 4.78 is 7.09. The Morgan fingerprint density at radius 2 is 2.09 bits per heavy atom. The van der Waals surface area contributed by atoms with Crippen LogP contribution in [0.4, 0.5) is 0 Å². The number of amides is 1. The number of methoxy groups -OCH3 is 1. The second-order valence-electron chi connectivity index (χ2n) is 8.76. The number of fused-ring (bicyclic) bond motifs is 1. The van der Waals surface area contributed by atoms with Crippen LogP contribution in [0.25, 0.3) is 0 Å². The van der Waals surface area contributed by atoms with Crippen LogP contribution in [-0.2, 0) is 26.6 Å². The Hall–Kier alpha value is -3.46. The van der Waals surface area contributed by atoms with Gasteiger partial charge in [0.25, 0.3) is 11.5 Å². The number of aryl methyl sites for hydroxylation is 1. The van der Waals surface area contributed by atoms with Crippen molar-refractivity contribution < 1.29 is 9.53 Å². The first kappa shape index (κ1) is 21.4. The number of ether oxygens (including phenoxy) is 1. The van der Waals surface area contributed by atoms with E-state index in [0.717, 1.165) is 48.5 Å². The third-order valence-electron chi connectivity index (χ3n) is 6.55. The molecule has 2 aliphatic rings. The number of benzene rings is 1. The fraction of sp³-hybridized carbons (Fsp3) is 0.417. The van der Waals surface area contributed by atoms with Crippen molar-refractivity contribution in [2.24, 2.45) is 7.05 Å². The minimum atomic E-state index is -0.0783. The van der Waals surface area contributed by atoms with E-state index in [4.69, 9.17) is 9.72 Å². The van der Waals surface area contributed by atoms with Crippen LogP contribution in [0.15, 0.2) is 41.3 Å². The molecule has 3 aromatic rings. The minimum absolute atomic E-state index is 0.0299. The SMILES string of the molecule is COc1ccccc1CN1CCc2nc([C@H]3CCN(C(=O)c4ccn(C)n4)C3)[nH]c(=O)c2C1. The third kappa shape index (κ3) is 4.28. The number of carbonyl (C=O) groups is 1. The minimum Gasteiger partial charge on any atom is -0.496 e. The van der Waals surface area contributed by atoms with E-state index in [1.54, 1.807) is 36.0 Å². The molecule has 1 aromatic carbocycles. The second-order valence-corrected chi connectivity index (χ2v) is 8.76.